The van der Waals surface area contributed by atoms with Crippen molar-refractivity contribution >= 4 is 0 Å². The van der Waals surface area contributed by atoms with Crippen LogP contribution >= 0.6 is 0 Å². The lowest BCUT2D eigenvalue weighted by atomic mass is 10.0. The maximum atomic E-state index is 4.31. The van der Waals surface area contributed by atoms with Gasteiger partial charge in [0.05, 0.1) is 0 Å². The quantitative estimate of drug-likeness (QED) is 0.724. The Morgan fingerprint density at radius 3 is 2.80 bits per heavy atom. The summed E-state index contributed by atoms with van der Waals surface area (Å²) in [7, 11) is 0. The highest BCUT2D eigenvalue weighted by atomic mass is 14.8. The SMILES string of the molecule is CCCNCC(C)Cc1ccc(C)nc1. The third kappa shape index (κ3) is 4.93. The van der Waals surface area contributed by atoms with Crippen LogP contribution in [0.4, 0.5) is 0 Å². The summed E-state index contributed by atoms with van der Waals surface area (Å²) in [4.78, 5) is 4.31. The lowest BCUT2D eigenvalue weighted by Gasteiger charge is -2.12. The van der Waals surface area contributed by atoms with Crippen molar-refractivity contribution in [1.82, 2.24) is 10.3 Å². The van der Waals surface area contributed by atoms with E-state index in [1.165, 1.54) is 12.0 Å². The van der Waals surface area contributed by atoms with Crippen LogP contribution in [0.2, 0.25) is 0 Å². The minimum atomic E-state index is 0.682. The molecule has 1 aromatic heterocycles. The van der Waals surface area contributed by atoms with Gasteiger partial charge in [0.25, 0.3) is 0 Å². The predicted octanol–water partition coefficient (Wildman–Crippen LogP) is 2.57. The Hall–Kier alpha value is -0.890. The third-order valence-electron chi connectivity index (χ3n) is 2.48. The minimum absolute atomic E-state index is 0.682. The number of hydrogen-bond acceptors (Lipinski definition) is 2. The summed E-state index contributed by atoms with van der Waals surface area (Å²) >= 11 is 0. The van der Waals surface area contributed by atoms with Gasteiger partial charge < -0.3 is 5.32 Å². The predicted molar refractivity (Wildman–Crippen MR) is 65.0 cm³/mol. The molecule has 0 fully saturated rings. The maximum Gasteiger partial charge on any atom is 0.0372 e. The first kappa shape index (κ1) is 12.2. The zero-order valence-electron chi connectivity index (χ0n) is 10.1. The Bertz CT molecular complexity index is 266. The molecule has 15 heavy (non-hydrogen) atoms. The first-order valence-electron chi connectivity index (χ1n) is 5.84. The van der Waals surface area contributed by atoms with Gasteiger partial charge in [-0.15, -0.1) is 0 Å². The van der Waals surface area contributed by atoms with E-state index < -0.39 is 0 Å². The molecule has 0 aliphatic carbocycles. The molecule has 0 amide bonds. The number of pyridine rings is 1. The first-order valence-corrected chi connectivity index (χ1v) is 5.84. The smallest absolute Gasteiger partial charge is 0.0372 e. The van der Waals surface area contributed by atoms with Gasteiger partial charge in [-0.05, 0) is 50.4 Å². The van der Waals surface area contributed by atoms with E-state index in [0.29, 0.717) is 5.92 Å². The highest BCUT2D eigenvalue weighted by Crippen LogP contribution is 2.07. The van der Waals surface area contributed by atoms with E-state index in [9.17, 15) is 0 Å². The Morgan fingerprint density at radius 2 is 2.20 bits per heavy atom. The number of aromatic nitrogens is 1. The van der Waals surface area contributed by atoms with Gasteiger partial charge >= 0.3 is 0 Å². The van der Waals surface area contributed by atoms with Crippen LogP contribution < -0.4 is 5.32 Å². The van der Waals surface area contributed by atoms with Crippen molar-refractivity contribution in [3.63, 3.8) is 0 Å². The molecular weight excluding hydrogens is 184 g/mol. The number of rotatable bonds is 6. The second-order valence-electron chi connectivity index (χ2n) is 4.32. The molecule has 0 aromatic carbocycles. The molecule has 2 heteroatoms. The topological polar surface area (TPSA) is 24.9 Å². The van der Waals surface area contributed by atoms with Crippen LogP contribution in [0.15, 0.2) is 18.3 Å². The van der Waals surface area contributed by atoms with Gasteiger partial charge in [-0.1, -0.05) is 19.9 Å². The van der Waals surface area contributed by atoms with Crippen LogP contribution in [-0.4, -0.2) is 18.1 Å². The van der Waals surface area contributed by atoms with Gasteiger partial charge in [0.2, 0.25) is 0 Å². The van der Waals surface area contributed by atoms with Crippen molar-refractivity contribution in [3.8, 4) is 0 Å². The van der Waals surface area contributed by atoms with Crippen LogP contribution in [0.5, 0.6) is 0 Å². The molecule has 0 saturated heterocycles. The Labute approximate surface area is 93.1 Å². The summed E-state index contributed by atoms with van der Waals surface area (Å²) in [6, 6.07) is 4.26. The third-order valence-corrected chi connectivity index (χ3v) is 2.48. The van der Waals surface area contributed by atoms with Crippen LogP contribution in [0.3, 0.4) is 0 Å². The lowest BCUT2D eigenvalue weighted by molar-refractivity contribution is 0.510. The highest BCUT2D eigenvalue weighted by Gasteiger charge is 2.03. The second-order valence-corrected chi connectivity index (χ2v) is 4.32. The van der Waals surface area contributed by atoms with Crippen LogP contribution in [0, 0.1) is 12.8 Å². The molecule has 1 N–H and O–H groups in total. The summed E-state index contributed by atoms with van der Waals surface area (Å²) < 4.78 is 0. The Kier molecular flexibility index (Phi) is 5.33. The molecule has 84 valence electrons. The van der Waals surface area contributed by atoms with Crippen molar-refractivity contribution in [2.45, 2.75) is 33.6 Å². The molecule has 1 rings (SSSR count). The van der Waals surface area contributed by atoms with Crippen molar-refractivity contribution in [2.24, 2.45) is 5.92 Å². The minimum Gasteiger partial charge on any atom is -0.316 e. The first-order chi connectivity index (χ1) is 7.22. The molecule has 1 heterocycles. The number of aryl methyl sites for hydroxylation is 1. The molecule has 1 unspecified atom stereocenters. The fraction of sp³-hybridized carbons (Fsp3) is 0.615. The van der Waals surface area contributed by atoms with Crippen molar-refractivity contribution < 1.29 is 0 Å². The summed E-state index contributed by atoms with van der Waals surface area (Å²) in [6.07, 6.45) is 4.31. The van der Waals surface area contributed by atoms with Gasteiger partial charge in [0.15, 0.2) is 0 Å². The molecule has 0 bridgehead atoms. The molecule has 0 aliphatic heterocycles. The fourth-order valence-electron chi connectivity index (χ4n) is 1.62. The molecular formula is C13H22N2. The normalized spacial score (nSPS) is 12.7. The molecule has 0 spiro atoms. The number of hydrogen-bond donors (Lipinski definition) is 1. The van der Waals surface area contributed by atoms with E-state index in [1.807, 2.05) is 13.1 Å². The van der Waals surface area contributed by atoms with Crippen molar-refractivity contribution in [3.05, 3.63) is 29.6 Å². The number of nitrogens with one attached hydrogen (secondary N) is 1. The van der Waals surface area contributed by atoms with Gasteiger partial charge in [0, 0.05) is 11.9 Å². The van der Waals surface area contributed by atoms with Gasteiger partial charge in [0.1, 0.15) is 0 Å². The van der Waals surface area contributed by atoms with Crippen LogP contribution in [0.25, 0.3) is 0 Å². The van der Waals surface area contributed by atoms with Gasteiger partial charge in [-0.25, -0.2) is 0 Å². The monoisotopic (exact) mass is 206 g/mol. The highest BCUT2D eigenvalue weighted by molar-refractivity contribution is 5.13. The van der Waals surface area contributed by atoms with Crippen molar-refractivity contribution in [1.29, 1.82) is 0 Å². The molecule has 2 nitrogen and oxygen atoms in total. The lowest BCUT2D eigenvalue weighted by Crippen LogP contribution is -2.23. The molecule has 0 radical (unpaired) electrons. The summed E-state index contributed by atoms with van der Waals surface area (Å²) in [5.41, 5.74) is 2.43. The Balaban J connectivity index is 2.31. The van der Waals surface area contributed by atoms with Crippen LogP contribution in [0.1, 0.15) is 31.5 Å². The molecule has 1 aromatic rings. The average Bonchev–Trinajstić information content (AvgIpc) is 2.22. The van der Waals surface area contributed by atoms with Crippen molar-refractivity contribution in [2.75, 3.05) is 13.1 Å². The van der Waals surface area contributed by atoms with Crippen LogP contribution in [-0.2, 0) is 6.42 Å². The average molecular weight is 206 g/mol. The van der Waals surface area contributed by atoms with E-state index in [4.69, 9.17) is 0 Å². The van der Waals surface area contributed by atoms with E-state index in [-0.39, 0.29) is 0 Å². The zero-order valence-corrected chi connectivity index (χ0v) is 10.1. The van der Waals surface area contributed by atoms with E-state index in [0.717, 1.165) is 25.2 Å². The van der Waals surface area contributed by atoms with Gasteiger partial charge in [-0.3, -0.25) is 4.98 Å². The maximum absolute atomic E-state index is 4.31. The summed E-state index contributed by atoms with van der Waals surface area (Å²) in [5, 5.41) is 3.45. The van der Waals surface area contributed by atoms with E-state index in [2.05, 4.69) is 36.3 Å². The largest absolute Gasteiger partial charge is 0.316 e. The number of nitrogens with zero attached hydrogens (tertiary/aromatic N) is 1. The van der Waals surface area contributed by atoms with E-state index in [1.54, 1.807) is 0 Å². The zero-order chi connectivity index (χ0) is 11.1. The molecule has 0 saturated carbocycles. The van der Waals surface area contributed by atoms with Gasteiger partial charge in [-0.2, -0.15) is 0 Å². The van der Waals surface area contributed by atoms with E-state index >= 15 is 0 Å². The standard InChI is InChI=1S/C13H22N2/c1-4-7-14-9-11(2)8-13-6-5-12(3)15-10-13/h5-6,10-11,14H,4,7-9H2,1-3H3. The second kappa shape index (κ2) is 6.57. The molecule has 1 atom stereocenters. The summed E-state index contributed by atoms with van der Waals surface area (Å²) in [6.45, 7) is 8.72. The molecule has 0 aliphatic rings. The summed E-state index contributed by atoms with van der Waals surface area (Å²) in [5.74, 6) is 0.682. The Morgan fingerprint density at radius 1 is 1.40 bits per heavy atom. The fourth-order valence-corrected chi connectivity index (χ4v) is 1.62.